The van der Waals surface area contributed by atoms with Gasteiger partial charge in [0.05, 0.1) is 32.3 Å². The number of halogens is 1. The molecule has 1 aliphatic heterocycles. The molecule has 0 aromatic heterocycles. The molecule has 1 amide bonds. The molecule has 0 spiro atoms. The van der Waals surface area contributed by atoms with E-state index in [1.807, 2.05) is 36.4 Å². The Morgan fingerprint density at radius 1 is 1.21 bits per heavy atom. The number of hydrogen-bond acceptors (Lipinski definition) is 3. The van der Waals surface area contributed by atoms with Crippen molar-refractivity contribution in [2.45, 2.75) is 12.5 Å². The highest BCUT2D eigenvalue weighted by Crippen LogP contribution is 2.38. The van der Waals surface area contributed by atoms with Crippen molar-refractivity contribution in [3.05, 3.63) is 64.7 Å². The molecule has 0 fully saturated rings. The Balaban J connectivity index is 1.72. The van der Waals surface area contributed by atoms with E-state index in [-0.39, 0.29) is 11.9 Å². The number of nitrogens with one attached hydrogen (secondary N) is 2. The summed E-state index contributed by atoms with van der Waals surface area (Å²) in [5, 5.41) is 3.57. The van der Waals surface area contributed by atoms with Gasteiger partial charge >= 0.3 is 0 Å². The molecule has 6 heteroatoms. The molecule has 1 atom stereocenters. The van der Waals surface area contributed by atoms with Gasteiger partial charge in [0.25, 0.3) is 0 Å². The molecule has 0 aliphatic carbocycles. The zero-order chi connectivity index (χ0) is 19.9. The fourth-order valence-corrected chi connectivity index (χ4v) is 3.36. The molecule has 0 bridgehead atoms. The SMILES string of the molecule is C[NH+](C)C[C@@H](NC(=O)/C=C/c1cc(Cl)c2c(c1)OCCCO2)c1ccccc1. The third-order valence-corrected chi connectivity index (χ3v) is 4.66. The molecule has 1 heterocycles. The van der Waals surface area contributed by atoms with Crippen molar-refractivity contribution in [1.29, 1.82) is 0 Å². The minimum Gasteiger partial charge on any atom is -0.489 e. The quantitative estimate of drug-likeness (QED) is 0.731. The van der Waals surface area contributed by atoms with Gasteiger partial charge in [-0.05, 0) is 29.3 Å². The van der Waals surface area contributed by atoms with Gasteiger partial charge in [-0.15, -0.1) is 0 Å². The van der Waals surface area contributed by atoms with E-state index in [9.17, 15) is 4.79 Å². The Morgan fingerprint density at radius 2 is 1.96 bits per heavy atom. The molecule has 2 aromatic rings. The van der Waals surface area contributed by atoms with E-state index < -0.39 is 0 Å². The van der Waals surface area contributed by atoms with Crippen LogP contribution in [0.5, 0.6) is 11.5 Å². The Morgan fingerprint density at radius 3 is 2.71 bits per heavy atom. The number of fused-ring (bicyclic) bond motifs is 1. The summed E-state index contributed by atoms with van der Waals surface area (Å²) in [5.41, 5.74) is 1.88. The summed E-state index contributed by atoms with van der Waals surface area (Å²) in [7, 11) is 4.13. The summed E-state index contributed by atoms with van der Waals surface area (Å²) in [6.45, 7) is 1.96. The van der Waals surface area contributed by atoms with Crippen molar-refractivity contribution in [1.82, 2.24) is 5.32 Å². The number of quaternary nitrogens is 1. The van der Waals surface area contributed by atoms with Crippen molar-refractivity contribution in [3.8, 4) is 11.5 Å². The van der Waals surface area contributed by atoms with Crippen molar-refractivity contribution in [3.63, 3.8) is 0 Å². The molecule has 0 radical (unpaired) electrons. The van der Waals surface area contributed by atoms with Gasteiger partial charge in [-0.2, -0.15) is 0 Å². The fraction of sp³-hybridized carbons (Fsp3) is 0.318. The molecule has 0 saturated heterocycles. The maximum Gasteiger partial charge on any atom is 0.244 e. The standard InChI is InChI=1S/C22H25ClN2O3/c1-25(2)15-19(17-7-4-3-5-8-17)24-21(26)10-9-16-13-18(23)22-20(14-16)27-11-6-12-28-22/h3-5,7-10,13-14,19H,6,11-12,15H2,1-2H3,(H,24,26)/p+1/b10-9+/t19-/m1/s1. The predicted molar refractivity (Wildman–Crippen MR) is 111 cm³/mol. The maximum absolute atomic E-state index is 12.5. The number of rotatable bonds is 6. The van der Waals surface area contributed by atoms with Crippen LogP contribution in [0.15, 0.2) is 48.5 Å². The van der Waals surface area contributed by atoms with Gasteiger partial charge in [-0.25, -0.2) is 0 Å². The molecule has 0 unspecified atom stereocenters. The maximum atomic E-state index is 12.5. The molecule has 5 nitrogen and oxygen atoms in total. The third kappa shape index (κ3) is 5.50. The van der Waals surface area contributed by atoms with Gasteiger partial charge in [0.2, 0.25) is 5.91 Å². The molecule has 2 aromatic carbocycles. The monoisotopic (exact) mass is 401 g/mol. The van der Waals surface area contributed by atoms with Gasteiger partial charge in [0.15, 0.2) is 11.5 Å². The van der Waals surface area contributed by atoms with Gasteiger partial charge in [-0.1, -0.05) is 41.9 Å². The number of benzene rings is 2. The highest BCUT2D eigenvalue weighted by molar-refractivity contribution is 6.32. The van der Waals surface area contributed by atoms with Crippen LogP contribution in [-0.4, -0.2) is 39.8 Å². The number of amides is 1. The van der Waals surface area contributed by atoms with E-state index in [1.165, 1.54) is 11.0 Å². The lowest BCUT2D eigenvalue weighted by atomic mass is 10.1. The molecule has 28 heavy (non-hydrogen) atoms. The molecule has 3 rings (SSSR count). The molecule has 1 aliphatic rings. The van der Waals surface area contributed by atoms with Crippen LogP contribution in [0, 0.1) is 0 Å². The smallest absolute Gasteiger partial charge is 0.244 e. The number of likely N-dealkylation sites (N-methyl/N-ethyl adjacent to an activating group) is 1. The Kier molecular flexibility index (Phi) is 6.95. The Labute approximate surface area is 170 Å². The normalized spacial score (nSPS) is 14.7. The molecule has 2 N–H and O–H groups in total. The zero-order valence-corrected chi connectivity index (χ0v) is 17.0. The third-order valence-electron chi connectivity index (χ3n) is 4.38. The van der Waals surface area contributed by atoms with Crippen LogP contribution in [0.1, 0.15) is 23.6 Å². The topological polar surface area (TPSA) is 52.0 Å². The Bertz CT molecular complexity index is 837. The van der Waals surface area contributed by atoms with E-state index >= 15 is 0 Å². The first kappa shape index (κ1) is 20.2. The highest BCUT2D eigenvalue weighted by Gasteiger charge is 2.17. The van der Waals surface area contributed by atoms with E-state index in [0.29, 0.717) is 29.7 Å². The average molecular weight is 402 g/mol. The summed E-state index contributed by atoms with van der Waals surface area (Å²) in [5.74, 6) is 1.03. The van der Waals surface area contributed by atoms with Crippen LogP contribution in [0.3, 0.4) is 0 Å². The van der Waals surface area contributed by atoms with Crippen molar-refractivity contribution in [2.24, 2.45) is 0 Å². The predicted octanol–water partition coefficient (Wildman–Crippen LogP) is 2.52. The molecule has 0 saturated carbocycles. The number of hydrogen-bond donors (Lipinski definition) is 2. The minimum atomic E-state index is -0.154. The lowest BCUT2D eigenvalue weighted by Crippen LogP contribution is -3.06. The van der Waals surface area contributed by atoms with E-state index in [2.05, 4.69) is 19.4 Å². The lowest BCUT2D eigenvalue weighted by molar-refractivity contribution is -0.860. The van der Waals surface area contributed by atoms with Crippen LogP contribution in [0.2, 0.25) is 5.02 Å². The van der Waals surface area contributed by atoms with Crippen molar-refractivity contribution < 1.29 is 19.2 Å². The zero-order valence-electron chi connectivity index (χ0n) is 16.2. The summed E-state index contributed by atoms with van der Waals surface area (Å²) < 4.78 is 11.3. The van der Waals surface area contributed by atoms with Crippen molar-refractivity contribution >= 4 is 23.6 Å². The second kappa shape index (κ2) is 9.62. The largest absolute Gasteiger partial charge is 0.489 e. The van der Waals surface area contributed by atoms with Crippen LogP contribution in [0.25, 0.3) is 6.08 Å². The first-order valence-corrected chi connectivity index (χ1v) is 9.82. The summed E-state index contributed by atoms with van der Waals surface area (Å²) in [6, 6.07) is 13.5. The highest BCUT2D eigenvalue weighted by atomic mass is 35.5. The van der Waals surface area contributed by atoms with Gasteiger partial charge in [0, 0.05) is 12.5 Å². The van der Waals surface area contributed by atoms with Gasteiger partial charge in [0.1, 0.15) is 12.6 Å². The number of ether oxygens (including phenoxy) is 2. The van der Waals surface area contributed by atoms with Crippen molar-refractivity contribution in [2.75, 3.05) is 33.9 Å². The number of carbonyl (C=O) groups excluding carboxylic acids is 1. The van der Waals surface area contributed by atoms with Crippen LogP contribution in [-0.2, 0) is 4.79 Å². The average Bonchev–Trinajstić information content (AvgIpc) is 2.92. The van der Waals surface area contributed by atoms with Gasteiger partial charge in [-0.3, -0.25) is 4.79 Å². The lowest BCUT2D eigenvalue weighted by Gasteiger charge is -2.20. The van der Waals surface area contributed by atoms with Gasteiger partial charge < -0.3 is 19.7 Å². The minimum absolute atomic E-state index is 0.0595. The van der Waals surface area contributed by atoms with Crippen LogP contribution < -0.4 is 19.7 Å². The summed E-state index contributed by atoms with van der Waals surface area (Å²) in [4.78, 5) is 13.8. The second-order valence-electron chi connectivity index (χ2n) is 7.10. The van der Waals surface area contributed by atoms with E-state index in [0.717, 1.165) is 24.1 Å². The number of carbonyl (C=O) groups is 1. The second-order valence-corrected chi connectivity index (χ2v) is 7.50. The van der Waals surface area contributed by atoms with Crippen LogP contribution in [0.4, 0.5) is 0 Å². The molecular weight excluding hydrogens is 376 g/mol. The first-order valence-electron chi connectivity index (χ1n) is 9.44. The Hall–Kier alpha value is -2.50. The molecule has 148 valence electrons. The fourth-order valence-electron chi connectivity index (χ4n) is 3.08. The molecular formula is C22H26ClN2O3+. The first-order chi connectivity index (χ1) is 13.5. The van der Waals surface area contributed by atoms with Crippen LogP contribution >= 0.6 is 11.6 Å². The van der Waals surface area contributed by atoms with E-state index in [4.69, 9.17) is 21.1 Å². The summed E-state index contributed by atoms with van der Waals surface area (Å²) >= 11 is 6.31. The van der Waals surface area contributed by atoms with E-state index in [1.54, 1.807) is 12.1 Å². The summed E-state index contributed by atoms with van der Waals surface area (Å²) in [6.07, 6.45) is 4.07.